The van der Waals surface area contributed by atoms with Crippen LogP contribution < -0.4 is 0 Å². The zero-order valence-corrected chi connectivity index (χ0v) is 10.8. The summed E-state index contributed by atoms with van der Waals surface area (Å²) in [5.74, 6) is 0. The number of nitrogens with one attached hydrogen (secondary N) is 1. The van der Waals surface area contributed by atoms with Crippen LogP contribution in [0.2, 0.25) is 0 Å². The van der Waals surface area contributed by atoms with Gasteiger partial charge in [-0.05, 0) is 46.4 Å². The molecular formula is C14H10IN. The minimum Gasteiger partial charge on any atom is -0.354 e. The molecule has 1 N–H and O–H groups in total. The van der Waals surface area contributed by atoms with Gasteiger partial charge in [-0.15, -0.1) is 0 Å². The molecule has 78 valence electrons. The Labute approximate surface area is 107 Å². The molecule has 0 unspecified atom stereocenters. The summed E-state index contributed by atoms with van der Waals surface area (Å²) >= 11 is 2.35. The van der Waals surface area contributed by atoms with Crippen LogP contribution in [0.3, 0.4) is 0 Å². The Bertz CT molecular complexity index is 694. The number of para-hydroxylation sites is 1. The highest BCUT2D eigenvalue weighted by Crippen LogP contribution is 2.29. The molecule has 0 aliphatic rings. The van der Waals surface area contributed by atoms with Gasteiger partial charge in [-0.25, -0.2) is 0 Å². The van der Waals surface area contributed by atoms with Crippen LogP contribution in [0.1, 0.15) is 5.56 Å². The van der Waals surface area contributed by atoms with E-state index in [2.05, 4.69) is 70.6 Å². The molecule has 0 atom stereocenters. The fraction of sp³-hybridized carbons (Fsp3) is 0. The Morgan fingerprint density at radius 1 is 1.12 bits per heavy atom. The van der Waals surface area contributed by atoms with Crippen molar-refractivity contribution in [3.63, 3.8) is 0 Å². The first-order valence-electron chi connectivity index (χ1n) is 5.12. The van der Waals surface area contributed by atoms with Gasteiger partial charge in [-0.2, -0.15) is 0 Å². The highest BCUT2D eigenvalue weighted by atomic mass is 127. The number of benzene rings is 2. The van der Waals surface area contributed by atoms with E-state index >= 15 is 0 Å². The SMILES string of the molecule is C=Cc1cc(I)cc2c1[nH]c1ccccc12. The summed E-state index contributed by atoms with van der Waals surface area (Å²) in [6.45, 7) is 3.87. The van der Waals surface area contributed by atoms with Crippen LogP contribution in [0.25, 0.3) is 27.9 Å². The largest absolute Gasteiger partial charge is 0.354 e. The van der Waals surface area contributed by atoms with Crippen LogP contribution in [0.15, 0.2) is 43.0 Å². The highest BCUT2D eigenvalue weighted by Gasteiger charge is 2.07. The van der Waals surface area contributed by atoms with E-state index in [0.717, 1.165) is 5.56 Å². The second-order valence-electron chi connectivity index (χ2n) is 3.79. The van der Waals surface area contributed by atoms with Crippen LogP contribution in [-0.2, 0) is 0 Å². The maximum Gasteiger partial charge on any atom is 0.0538 e. The molecule has 0 bridgehead atoms. The summed E-state index contributed by atoms with van der Waals surface area (Å²) in [5, 5.41) is 2.55. The van der Waals surface area contributed by atoms with Crippen molar-refractivity contribution in [3.05, 3.63) is 52.1 Å². The lowest BCUT2D eigenvalue weighted by atomic mass is 10.1. The molecule has 0 aliphatic carbocycles. The Morgan fingerprint density at radius 2 is 1.94 bits per heavy atom. The molecule has 0 spiro atoms. The number of aromatic amines is 1. The minimum atomic E-state index is 1.16. The number of aromatic nitrogens is 1. The molecule has 3 rings (SSSR count). The summed E-state index contributed by atoms with van der Waals surface area (Å²) in [5.41, 5.74) is 3.53. The molecule has 0 radical (unpaired) electrons. The average Bonchev–Trinajstić information content (AvgIpc) is 2.67. The predicted octanol–water partition coefficient (Wildman–Crippen LogP) is 4.57. The molecule has 0 saturated carbocycles. The van der Waals surface area contributed by atoms with Gasteiger partial charge >= 0.3 is 0 Å². The van der Waals surface area contributed by atoms with Gasteiger partial charge in [0.1, 0.15) is 0 Å². The van der Waals surface area contributed by atoms with Crippen molar-refractivity contribution in [2.24, 2.45) is 0 Å². The van der Waals surface area contributed by atoms with E-state index in [9.17, 15) is 0 Å². The average molecular weight is 319 g/mol. The molecule has 2 heteroatoms. The van der Waals surface area contributed by atoms with Crippen molar-refractivity contribution >= 4 is 50.5 Å². The Hall–Kier alpha value is -1.29. The maximum absolute atomic E-state index is 3.87. The van der Waals surface area contributed by atoms with Crippen LogP contribution in [0.4, 0.5) is 0 Å². The molecule has 0 fully saturated rings. The summed E-state index contributed by atoms with van der Waals surface area (Å²) in [4.78, 5) is 3.45. The number of halogens is 1. The fourth-order valence-corrected chi connectivity index (χ4v) is 2.75. The normalized spacial score (nSPS) is 11.1. The van der Waals surface area contributed by atoms with Gasteiger partial charge in [0.25, 0.3) is 0 Å². The van der Waals surface area contributed by atoms with E-state index in [1.54, 1.807) is 0 Å². The van der Waals surface area contributed by atoms with E-state index in [4.69, 9.17) is 0 Å². The number of H-pyrrole nitrogens is 1. The number of rotatable bonds is 1. The van der Waals surface area contributed by atoms with E-state index in [1.165, 1.54) is 25.4 Å². The fourth-order valence-electron chi connectivity index (χ4n) is 2.10. The van der Waals surface area contributed by atoms with Crippen LogP contribution >= 0.6 is 22.6 Å². The van der Waals surface area contributed by atoms with Crippen LogP contribution in [-0.4, -0.2) is 4.98 Å². The van der Waals surface area contributed by atoms with Crippen LogP contribution in [0, 0.1) is 3.57 Å². The summed E-state index contributed by atoms with van der Waals surface area (Å²) < 4.78 is 1.24. The zero-order valence-electron chi connectivity index (χ0n) is 8.63. The lowest BCUT2D eigenvalue weighted by molar-refractivity contribution is 1.53. The van der Waals surface area contributed by atoms with Crippen molar-refractivity contribution < 1.29 is 0 Å². The molecule has 16 heavy (non-hydrogen) atoms. The molecule has 1 aromatic heterocycles. The van der Waals surface area contributed by atoms with Gasteiger partial charge in [0.05, 0.1) is 5.52 Å². The van der Waals surface area contributed by atoms with Crippen LogP contribution in [0.5, 0.6) is 0 Å². The summed E-state index contributed by atoms with van der Waals surface area (Å²) in [6.07, 6.45) is 1.90. The van der Waals surface area contributed by atoms with Gasteiger partial charge in [-0.1, -0.05) is 30.9 Å². The first kappa shape index (κ1) is 9.90. The molecule has 0 saturated heterocycles. The Morgan fingerprint density at radius 3 is 2.75 bits per heavy atom. The molecule has 3 aromatic rings. The third-order valence-electron chi connectivity index (χ3n) is 2.83. The quantitative estimate of drug-likeness (QED) is 0.633. The molecular weight excluding hydrogens is 309 g/mol. The van der Waals surface area contributed by atoms with E-state index in [-0.39, 0.29) is 0 Å². The third kappa shape index (κ3) is 1.37. The summed E-state index contributed by atoms with van der Waals surface area (Å²) in [6, 6.07) is 12.7. The second-order valence-corrected chi connectivity index (χ2v) is 5.04. The van der Waals surface area contributed by atoms with Crippen molar-refractivity contribution in [1.29, 1.82) is 0 Å². The number of hydrogen-bond donors (Lipinski definition) is 1. The molecule has 1 heterocycles. The smallest absolute Gasteiger partial charge is 0.0538 e. The van der Waals surface area contributed by atoms with Gasteiger partial charge < -0.3 is 4.98 Å². The van der Waals surface area contributed by atoms with Crippen molar-refractivity contribution in [1.82, 2.24) is 4.98 Å². The molecule has 0 amide bonds. The van der Waals surface area contributed by atoms with E-state index in [1.807, 2.05) is 6.08 Å². The lowest BCUT2D eigenvalue weighted by Crippen LogP contribution is -1.78. The zero-order chi connectivity index (χ0) is 11.1. The topological polar surface area (TPSA) is 15.8 Å². The van der Waals surface area contributed by atoms with Gasteiger partial charge in [0, 0.05) is 19.9 Å². The Balaban J connectivity index is 2.59. The third-order valence-corrected chi connectivity index (χ3v) is 3.45. The molecule has 1 nitrogen and oxygen atoms in total. The Kier molecular flexibility index (Phi) is 2.24. The predicted molar refractivity (Wildman–Crippen MR) is 78.6 cm³/mol. The van der Waals surface area contributed by atoms with Crippen molar-refractivity contribution in [2.75, 3.05) is 0 Å². The lowest BCUT2D eigenvalue weighted by Gasteiger charge is -1.98. The molecule has 0 aliphatic heterocycles. The van der Waals surface area contributed by atoms with Gasteiger partial charge in [-0.3, -0.25) is 0 Å². The monoisotopic (exact) mass is 319 g/mol. The van der Waals surface area contributed by atoms with Gasteiger partial charge in [0.15, 0.2) is 0 Å². The highest BCUT2D eigenvalue weighted by molar-refractivity contribution is 14.1. The van der Waals surface area contributed by atoms with Gasteiger partial charge in [0.2, 0.25) is 0 Å². The number of hydrogen-bond acceptors (Lipinski definition) is 0. The van der Waals surface area contributed by atoms with E-state index < -0.39 is 0 Å². The minimum absolute atomic E-state index is 1.16. The molecule has 2 aromatic carbocycles. The maximum atomic E-state index is 3.87. The van der Waals surface area contributed by atoms with Crippen molar-refractivity contribution in [2.45, 2.75) is 0 Å². The first-order chi connectivity index (χ1) is 7.79. The number of fused-ring (bicyclic) bond motifs is 3. The standard InChI is InChI=1S/C14H10IN/c1-2-9-7-10(15)8-12-11-5-3-4-6-13(11)16-14(9)12/h2-8,16H,1H2. The van der Waals surface area contributed by atoms with E-state index in [0.29, 0.717) is 0 Å². The second kappa shape index (κ2) is 3.63. The van der Waals surface area contributed by atoms with Crippen molar-refractivity contribution in [3.8, 4) is 0 Å². The first-order valence-corrected chi connectivity index (χ1v) is 6.20. The summed E-state index contributed by atoms with van der Waals surface area (Å²) in [7, 11) is 0.